The van der Waals surface area contributed by atoms with Crippen LogP contribution in [0.25, 0.3) is 0 Å². The molecule has 0 radical (unpaired) electrons. The van der Waals surface area contributed by atoms with Crippen LogP contribution in [0, 0.1) is 29.6 Å². The Bertz CT molecular complexity index is 2410. The summed E-state index contributed by atoms with van der Waals surface area (Å²) in [6.45, 7) is 25.6. The van der Waals surface area contributed by atoms with Crippen molar-refractivity contribution in [1.82, 2.24) is 5.32 Å². The van der Waals surface area contributed by atoms with E-state index in [0.29, 0.717) is 51.4 Å². The molecule has 0 spiro atoms. The Balaban J connectivity index is 1.24. The van der Waals surface area contributed by atoms with Crippen molar-refractivity contribution in [3.05, 3.63) is 115 Å². The Hall–Kier alpha value is -4.80. The maximum Gasteiger partial charge on any atom is 0.350 e. The molecular formula is C55H73ClN4O6. The van der Waals surface area contributed by atoms with Crippen molar-refractivity contribution in [2.45, 2.75) is 152 Å². The summed E-state index contributed by atoms with van der Waals surface area (Å²) in [5.41, 5.74) is 7.58. The average Bonchev–Trinajstić information content (AvgIpc) is 4.01. The summed E-state index contributed by atoms with van der Waals surface area (Å²) < 4.78 is 10.9. The zero-order valence-electron chi connectivity index (χ0n) is 41.3. The number of aliphatic hydroxyl groups is 2. The van der Waals surface area contributed by atoms with Gasteiger partial charge in [0.05, 0.1) is 46.4 Å². The summed E-state index contributed by atoms with van der Waals surface area (Å²) in [4.78, 5) is 42.4. The minimum atomic E-state index is -2.60. The number of rotatable bonds is 20. The van der Waals surface area contributed by atoms with E-state index in [1.54, 1.807) is 13.0 Å². The van der Waals surface area contributed by atoms with E-state index < -0.39 is 23.2 Å². The molecule has 66 heavy (non-hydrogen) atoms. The van der Waals surface area contributed by atoms with E-state index in [2.05, 4.69) is 53.4 Å². The van der Waals surface area contributed by atoms with Gasteiger partial charge in [-0.1, -0.05) is 116 Å². The Morgan fingerprint density at radius 3 is 2.21 bits per heavy atom. The van der Waals surface area contributed by atoms with Gasteiger partial charge >= 0.3 is 11.9 Å². The van der Waals surface area contributed by atoms with Crippen LogP contribution in [0.1, 0.15) is 146 Å². The molecule has 0 aromatic carbocycles. The molecule has 5 heterocycles. The van der Waals surface area contributed by atoms with Crippen molar-refractivity contribution < 1.29 is 29.3 Å². The van der Waals surface area contributed by atoms with Gasteiger partial charge in [0.15, 0.2) is 5.76 Å². The van der Waals surface area contributed by atoms with Crippen LogP contribution in [0.15, 0.2) is 130 Å². The Labute approximate surface area is 398 Å². The number of aliphatic hydroxyl groups excluding tert-OH is 1. The number of methoxy groups -OCH3 is 1. The highest BCUT2D eigenvalue weighted by molar-refractivity contribution is 6.47. The summed E-state index contributed by atoms with van der Waals surface area (Å²) >= 11 is 7.39. The molecule has 11 heteroatoms. The van der Waals surface area contributed by atoms with Crippen LogP contribution in [0.4, 0.5) is 0 Å². The van der Waals surface area contributed by atoms with Gasteiger partial charge in [0, 0.05) is 46.4 Å². The fraction of sp³-hybridized carbons (Fsp3) is 0.545. The van der Waals surface area contributed by atoms with Gasteiger partial charge in [-0.15, -0.1) is 0 Å². The second kappa shape index (κ2) is 21.4. The van der Waals surface area contributed by atoms with E-state index in [0.717, 1.165) is 65.5 Å². The number of aliphatic imine (C=N–C) groups is 3. The molecule has 3 N–H and O–H groups in total. The largest absolute Gasteiger partial charge is 0.507 e. The molecule has 0 amide bonds. The smallest absolute Gasteiger partial charge is 0.350 e. The van der Waals surface area contributed by atoms with Gasteiger partial charge in [-0.25, -0.2) is 19.8 Å². The minimum absolute atomic E-state index is 0.0438. The van der Waals surface area contributed by atoms with E-state index in [4.69, 9.17) is 36.1 Å². The molecule has 5 aliphatic heterocycles. The zero-order valence-corrected chi connectivity index (χ0v) is 42.1. The van der Waals surface area contributed by atoms with E-state index in [-0.39, 0.29) is 48.2 Å². The maximum atomic E-state index is 13.7. The first-order chi connectivity index (χ1) is 31.4. The third kappa shape index (κ3) is 10.2. The number of fused-ring (bicyclic) bond motifs is 5. The number of carbonyl (C=O) groups is 2. The molecule has 1 fully saturated rings. The number of esters is 2. The predicted molar refractivity (Wildman–Crippen MR) is 268 cm³/mol. The lowest BCUT2D eigenvalue weighted by atomic mass is 9.83. The maximum absolute atomic E-state index is 13.7. The molecule has 10 nitrogen and oxygen atoms in total. The van der Waals surface area contributed by atoms with Gasteiger partial charge in [-0.3, -0.25) is 4.79 Å². The van der Waals surface area contributed by atoms with Crippen LogP contribution in [0.2, 0.25) is 0 Å². The number of nitrogens with one attached hydrogen (secondary N) is 1. The van der Waals surface area contributed by atoms with Gasteiger partial charge in [0.25, 0.3) is 0 Å². The number of hydrogen-bond acceptors (Lipinski definition) is 10. The summed E-state index contributed by atoms with van der Waals surface area (Å²) in [5, 5.41) is 28.2. The molecule has 356 valence electrons. The molecule has 8 bridgehead atoms. The lowest BCUT2D eigenvalue weighted by Gasteiger charge is -2.26. The molecule has 6 rings (SSSR count). The monoisotopic (exact) mass is 921 g/mol. The number of carbonyl (C=O) groups excluding carboxylic acids is 2. The van der Waals surface area contributed by atoms with Gasteiger partial charge < -0.3 is 25.0 Å². The van der Waals surface area contributed by atoms with Crippen LogP contribution in [0.5, 0.6) is 0 Å². The van der Waals surface area contributed by atoms with Crippen LogP contribution in [0.3, 0.4) is 0 Å². The molecule has 5 unspecified atom stereocenters. The van der Waals surface area contributed by atoms with Crippen molar-refractivity contribution in [2.75, 3.05) is 13.7 Å². The highest BCUT2D eigenvalue weighted by atomic mass is 35.5. The second-order valence-corrected chi connectivity index (χ2v) is 20.2. The van der Waals surface area contributed by atoms with Gasteiger partial charge in [-0.05, 0) is 112 Å². The Morgan fingerprint density at radius 1 is 0.909 bits per heavy atom. The summed E-state index contributed by atoms with van der Waals surface area (Å²) in [5.74, 6) is -0.614. The SMILES string of the molecule is C=CC1=C(C)C2=NC1=CC1=NC(=CC3=C(C)C4=C(O)C(O)(C(=O)OC)C(=C5NC(=C2Cl)C(C)C5CCC(=O)OCC=C(C)CCCC(C)CCCC(C)CCCC(C)C)C4=N3)C(CC)=C1C. The lowest BCUT2D eigenvalue weighted by Crippen LogP contribution is -2.44. The van der Waals surface area contributed by atoms with Crippen LogP contribution in [-0.2, 0) is 19.1 Å². The number of allylic oxidation sites excluding steroid dienone is 12. The van der Waals surface area contributed by atoms with Gasteiger partial charge in [-0.2, -0.15) is 0 Å². The van der Waals surface area contributed by atoms with Crippen molar-refractivity contribution >= 4 is 40.7 Å². The molecule has 1 saturated heterocycles. The zero-order chi connectivity index (χ0) is 48.2. The summed E-state index contributed by atoms with van der Waals surface area (Å²) in [7, 11) is 1.16. The quantitative estimate of drug-likeness (QED) is 0.0815. The minimum Gasteiger partial charge on any atom is -0.507 e. The summed E-state index contributed by atoms with van der Waals surface area (Å²) in [6, 6.07) is 0. The predicted octanol–water partition coefficient (Wildman–Crippen LogP) is 12.6. The first-order valence-electron chi connectivity index (χ1n) is 24.3. The third-order valence-corrected chi connectivity index (χ3v) is 14.9. The van der Waals surface area contributed by atoms with Crippen molar-refractivity contribution in [3.8, 4) is 0 Å². The number of halogens is 1. The van der Waals surface area contributed by atoms with Crippen LogP contribution < -0.4 is 5.32 Å². The highest BCUT2D eigenvalue weighted by Crippen LogP contribution is 2.51. The first kappa shape index (κ1) is 50.6. The molecular weight excluding hydrogens is 848 g/mol. The Morgan fingerprint density at radius 2 is 1.58 bits per heavy atom. The highest BCUT2D eigenvalue weighted by Gasteiger charge is 2.59. The number of nitrogens with zero attached hydrogens (tertiary/aromatic N) is 3. The third-order valence-electron chi connectivity index (χ3n) is 14.5. The average molecular weight is 922 g/mol. The van der Waals surface area contributed by atoms with Crippen molar-refractivity contribution in [3.63, 3.8) is 0 Å². The fourth-order valence-corrected chi connectivity index (χ4v) is 10.7. The van der Waals surface area contributed by atoms with Crippen LogP contribution in [-0.4, -0.2) is 58.6 Å². The van der Waals surface area contributed by atoms with E-state index >= 15 is 0 Å². The van der Waals surface area contributed by atoms with Crippen molar-refractivity contribution in [1.29, 1.82) is 0 Å². The van der Waals surface area contributed by atoms with Crippen LogP contribution >= 0.6 is 11.6 Å². The van der Waals surface area contributed by atoms with E-state index in [9.17, 15) is 19.8 Å². The topological polar surface area (TPSA) is 142 Å². The Kier molecular flexibility index (Phi) is 16.4. The standard InChI is InChI=1S/C55H73ClN4O6/c1-13-38-34(8)41-28-44-39(14-2)35(9)49(59-44)48(56)50-36(10)40(24-25-45(61)66-27-26-33(7)23-17-22-32(6)21-16-20-31(5)19-15-18-30(3)4)51(60-50)47-52-46(53(62)55(47,64)54(63)65-12)37(11)42(58-52)29-43(38)57-41/h14,26,28-32,36,40,60,62,64H,2,13,15-25,27H2,1,3-12H3. The molecule has 6 aliphatic rings. The molecule has 0 aromatic rings. The van der Waals surface area contributed by atoms with E-state index in [1.807, 2.05) is 39.0 Å². The molecule has 1 aliphatic carbocycles. The summed E-state index contributed by atoms with van der Waals surface area (Å²) in [6.07, 6.45) is 19.7. The van der Waals surface area contributed by atoms with Crippen molar-refractivity contribution in [2.24, 2.45) is 44.6 Å². The first-order valence-corrected chi connectivity index (χ1v) is 24.7. The molecule has 0 saturated carbocycles. The second-order valence-electron chi connectivity index (χ2n) is 19.8. The fourth-order valence-electron chi connectivity index (χ4n) is 10.3. The van der Waals surface area contributed by atoms with Gasteiger partial charge in [0.1, 0.15) is 6.61 Å². The normalized spacial score (nSPS) is 23.7. The number of ether oxygens (including phenoxy) is 2. The van der Waals surface area contributed by atoms with E-state index in [1.165, 1.54) is 50.5 Å². The number of hydrogen-bond donors (Lipinski definition) is 3. The molecule has 5 atom stereocenters. The lowest BCUT2D eigenvalue weighted by molar-refractivity contribution is -0.156. The molecule has 0 aromatic heterocycles. The van der Waals surface area contributed by atoms with Gasteiger partial charge in [0.2, 0.25) is 5.60 Å².